The van der Waals surface area contributed by atoms with Crippen LogP contribution in [0.15, 0.2) is 10.8 Å². The van der Waals surface area contributed by atoms with Gasteiger partial charge in [0.15, 0.2) is 0 Å². The smallest absolute Gasteiger partial charge is 0.0216 e. The third kappa shape index (κ3) is 3.56. The van der Waals surface area contributed by atoms with Crippen LogP contribution in [0, 0.1) is 12.3 Å². The predicted octanol–water partition coefficient (Wildman–Crippen LogP) is 3.45. The Labute approximate surface area is 115 Å². The van der Waals surface area contributed by atoms with Gasteiger partial charge in [-0.05, 0) is 53.6 Å². The van der Waals surface area contributed by atoms with Crippen LogP contribution in [0.4, 0.5) is 0 Å². The van der Waals surface area contributed by atoms with Crippen molar-refractivity contribution in [1.29, 1.82) is 0 Å². The molecule has 0 radical (unpaired) electrons. The highest BCUT2D eigenvalue weighted by molar-refractivity contribution is 7.08. The molecule has 1 aliphatic rings. The minimum Gasteiger partial charge on any atom is -0.330 e. The highest BCUT2D eigenvalue weighted by Crippen LogP contribution is 2.33. The Morgan fingerprint density at radius 2 is 1.94 bits per heavy atom. The lowest BCUT2D eigenvalue weighted by molar-refractivity contribution is 0.242. The van der Waals surface area contributed by atoms with Crippen LogP contribution in [0.1, 0.15) is 49.7 Å². The van der Waals surface area contributed by atoms with Crippen LogP contribution in [0.25, 0.3) is 0 Å². The number of aryl methyl sites for hydroxylation is 1. The second-order valence-corrected chi connectivity index (χ2v) is 6.55. The van der Waals surface area contributed by atoms with Gasteiger partial charge in [-0.2, -0.15) is 11.3 Å². The first kappa shape index (κ1) is 14.0. The summed E-state index contributed by atoms with van der Waals surface area (Å²) in [6, 6.07) is 0. The number of hydrogen-bond donors (Lipinski definition) is 2. The molecule has 3 heteroatoms. The molecule has 1 aromatic heterocycles. The SMILES string of the molecule is Cc1cscc1CNCC1(CN)CCCCCC1. The fraction of sp³-hybridized carbons (Fsp3) is 0.733. The normalized spacial score (nSPS) is 19.7. The third-order valence-electron chi connectivity index (χ3n) is 4.37. The van der Waals surface area contributed by atoms with Crippen molar-refractivity contribution in [3.63, 3.8) is 0 Å². The van der Waals surface area contributed by atoms with Crippen molar-refractivity contribution in [3.8, 4) is 0 Å². The zero-order valence-electron chi connectivity index (χ0n) is 11.5. The first-order chi connectivity index (χ1) is 8.76. The molecule has 1 heterocycles. The van der Waals surface area contributed by atoms with Crippen molar-refractivity contribution in [2.75, 3.05) is 13.1 Å². The van der Waals surface area contributed by atoms with Crippen LogP contribution < -0.4 is 11.1 Å². The van der Waals surface area contributed by atoms with Crippen LogP contribution >= 0.6 is 11.3 Å². The minimum absolute atomic E-state index is 0.362. The summed E-state index contributed by atoms with van der Waals surface area (Å²) in [5.41, 5.74) is 9.28. The lowest BCUT2D eigenvalue weighted by Crippen LogP contribution is -2.40. The lowest BCUT2D eigenvalue weighted by Gasteiger charge is -2.31. The lowest BCUT2D eigenvalue weighted by atomic mass is 9.80. The molecule has 0 spiro atoms. The zero-order valence-corrected chi connectivity index (χ0v) is 12.3. The fourth-order valence-corrected chi connectivity index (χ4v) is 3.82. The van der Waals surface area contributed by atoms with E-state index in [2.05, 4.69) is 23.0 Å². The van der Waals surface area contributed by atoms with Crippen molar-refractivity contribution in [2.24, 2.45) is 11.1 Å². The van der Waals surface area contributed by atoms with Crippen molar-refractivity contribution in [3.05, 3.63) is 21.9 Å². The van der Waals surface area contributed by atoms with Gasteiger partial charge in [-0.25, -0.2) is 0 Å². The van der Waals surface area contributed by atoms with Gasteiger partial charge in [-0.3, -0.25) is 0 Å². The quantitative estimate of drug-likeness (QED) is 0.801. The van der Waals surface area contributed by atoms with E-state index in [1.165, 1.54) is 49.7 Å². The molecule has 1 aromatic rings. The largest absolute Gasteiger partial charge is 0.330 e. The zero-order chi connectivity index (χ0) is 12.8. The Morgan fingerprint density at radius 3 is 2.50 bits per heavy atom. The number of thiophene rings is 1. The maximum Gasteiger partial charge on any atom is 0.0216 e. The van der Waals surface area contributed by atoms with E-state index in [-0.39, 0.29) is 0 Å². The van der Waals surface area contributed by atoms with E-state index in [9.17, 15) is 0 Å². The number of rotatable bonds is 5. The van der Waals surface area contributed by atoms with Crippen LogP contribution in [-0.2, 0) is 6.54 Å². The molecule has 1 saturated carbocycles. The maximum atomic E-state index is 6.06. The van der Waals surface area contributed by atoms with Gasteiger partial charge in [0.1, 0.15) is 0 Å². The average molecular weight is 266 g/mol. The summed E-state index contributed by atoms with van der Waals surface area (Å²) in [6.07, 6.45) is 8.11. The van der Waals surface area contributed by atoms with E-state index in [0.29, 0.717) is 5.41 Å². The van der Waals surface area contributed by atoms with Crippen LogP contribution in [0.3, 0.4) is 0 Å². The van der Waals surface area contributed by atoms with E-state index in [4.69, 9.17) is 5.73 Å². The molecule has 0 bridgehead atoms. The van der Waals surface area contributed by atoms with Crippen molar-refractivity contribution in [2.45, 2.75) is 52.0 Å². The highest BCUT2D eigenvalue weighted by atomic mass is 32.1. The summed E-state index contributed by atoms with van der Waals surface area (Å²) in [4.78, 5) is 0. The Bertz CT molecular complexity index is 351. The van der Waals surface area contributed by atoms with Gasteiger partial charge >= 0.3 is 0 Å². The average Bonchev–Trinajstić information content (AvgIpc) is 2.66. The number of hydrogen-bond acceptors (Lipinski definition) is 3. The molecule has 0 aromatic carbocycles. The summed E-state index contributed by atoms with van der Waals surface area (Å²) in [5, 5.41) is 8.12. The first-order valence-corrected chi connectivity index (χ1v) is 8.12. The van der Waals surface area contributed by atoms with Crippen LogP contribution in [-0.4, -0.2) is 13.1 Å². The summed E-state index contributed by atoms with van der Waals surface area (Å²) in [5.74, 6) is 0. The van der Waals surface area contributed by atoms with Crippen LogP contribution in [0.5, 0.6) is 0 Å². The monoisotopic (exact) mass is 266 g/mol. The van der Waals surface area contributed by atoms with E-state index in [1.807, 2.05) is 0 Å². The Morgan fingerprint density at radius 1 is 1.22 bits per heavy atom. The minimum atomic E-state index is 0.362. The molecular formula is C15H26N2S. The van der Waals surface area contributed by atoms with Gasteiger partial charge in [-0.1, -0.05) is 25.7 Å². The summed E-state index contributed by atoms with van der Waals surface area (Å²) in [7, 11) is 0. The van der Waals surface area contributed by atoms with E-state index in [1.54, 1.807) is 11.3 Å². The molecule has 2 nitrogen and oxygen atoms in total. The molecular weight excluding hydrogens is 240 g/mol. The first-order valence-electron chi connectivity index (χ1n) is 7.18. The molecule has 3 N–H and O–H groups in total. The molecule has 1 fully saturated rings. The molecule has 0 atom stereocenters. The summed E-state index contributed by atoms with van der Waals surface area (Å²) < 4.78 is 0. The van der Waals surface area contributed by atoms with Crippen molar-refractivity contribution < 1.29 is 0 Å². The Balaban J connectivity index is 1.84. The highest BCUT2D eigenvalue weighted by Gasteiger charge is 2.28. The van der Waals surface area contributed by atoms with E-state index in [0.717, 1.165) is 19.6 Å². The standard InChI is InChI=1S/C15H26N2S/c1-13-9-18-10-14(13)8-17-12-15(11-16)6-4-2-3-5-7-15/h9-10,17H,2-8,11-12,16H2,1H3. The molecule has 2 rings (SSSR count). The maximum absolute atomic E-state index is 6.06. The molecule has 1 aliphatic carbocycles. The van der Waals surface area contributed by atoms with Gasteiger partial charge in [-0.15, -0.1) is 0 Å². The van der Waals surface area contributed by atoms with Gasteiger partial charge < -0.3 is 11.1 Å². The molecule has 0 saturated heterocycles. The Kier molecular flexibility index (Phi) is 5.22. The summed E-state index contributed by atoms with van der Waals surface area (Å²) in [6.45, 7) is 5.11. The second-order valence-electron chi connectivity index (χ2n) is 5.80. The van der Waals surface area contributed by atoms with E-state index >= 15 is 0 Å². The van der Waals surface area contributed by atoms with Crippen molar-refractivity contribution >= 4 is 11.3 Å². The second kappa shape index (κ2) is 6.69. The topological polar surface area (TPSA) is 38.0 Å². The van der Waals surface area contributed by atoms with Gasteiger partial charge in [0.25, 0.3) is 0 Å². The molecule has 18 heavy (non-hydrogen) atoms. The predicted molar refractivity (Wildman–Crippen MR) is 80.0 cm³/mol. The van der Waals surface area contributed by atoms with Crippen LogP contribution in [0.2, 0.25) is 0 Å². The third-order valence-corrected chi connectivity index (χ3v) is 5.28. The fourth-order valence-electron chi connectivity index (χ4n) is 2.96. The molecule has 102 valence electrons. The molecule has 0 amide bonds. The van der Waals surface area contributed by atoms with Gasteiger partial charge in [0, 0.05) is 13.1 Å². The number of nitrogens with one attached hydrogen (secondary N) is 1. The van der Waals surface area contributed by atoms with Crippen molar-refractivity contribution in [1.82, 2.24) is 5.32 Å². The summed E-state index contributed by atoms with van der Waals surface area (Å²) >= 11 is 1.80. The molecule has 0 aliphatic heterocycles. The van der Waals surface area contributed by atoms with Gasteiger partial charge in [0.2, 0.25) is 0 Å². The Hall–Kier alpha value is -0.380. The van der Waals surface area contributed by atoms with E-state index < -0.39 is 0 Å². The molecule has 0 unspecified atom stereocenters. The number of nitrogens with two attached hydrogens (primary N) is 1. The van der Waals surface area contributed by atoms with Gasteiger partial charge in [0.05, 0.1) is 0 Å².